The summed E-state index contributed by atoms with van der Waals surface area (Å²) in [5.41, 5.74) is 1.02. The summed E-state index contributed by atoms with van der Waals surface area (Å²) in [6, 6.07) is 6.29. The molecule has 0 unspecified atom stereocenters. The number of urea groups is 1. The van der Waals surface area contributed by atoms with E-state index in [-0.39, 0.29) is 35.4 Å². The van der Waals surface area contributed by atoms with Crippen molar-refractivity contribution in [1.29, 1.82) is 0 Å². The Balaban J connectivity index is 1.88. The van der Waals surface area contributed by atoms with E-state index < -0.39 is 9.84 Å². The van der Waals surface area contributed by atoms with Crippen LogP contribution in [-0.4, -0.2) is 55.1 Å². The van der Waals surface area contributed by atoms with Crippen molar-refractivity contribution >= 4 is 15.9 Å². The molecule has 2 atom stereocenters. The molecule has 1 aliphatic rings. The number of amides is 2. The molecule has 2 rings (SSSR count). The smallest absolute Gasteiger partial charge is 0.317 e. The fourth-order valence-corrected chi connectivity index (χ4v) is 4.17. The van der Waals surface area contributed by atoms with Gasteiger partial charge in [0.15, 0.2) is 9.84 Å². The van der Waals surface area contributed by atoms with Crippen LogP contribution in [0, 0.1) is 0 Å². The van der Waals surface area contributed by atoms with Crippen LogP contribution in [-0.2, 0) is 16.3 Å². The Bertz CT molecular complexity index is 627. The molecule has 6 nitrogen and oxygen atoms in total. The van der Waals surface area contributed by atoms with Crippen LogP contribution < -0.4 is 5.32 Å². The maximum Gasteiger partial charge on any atom is 0.317 e. The quantitative estimate of drug-likeness (QED) is 0.869. The van der Waals surface area contributed by atoms with E-state index >= 15 is 0 Å². The van der Waals surface area contributed by atoms with Crippen LogP contribution in [0.5, 0.6) is 5.75 Å². The summed E-state index contributed by atoms with van der Waals surface area (Å²) in [4.78, 5) is 13.8. The van der Waals surface area contributed by atoms with Gasteiger partial charge in [-0.05, 0) is 37.5 Å². The molecule has 0 saturated carbocycles. The van der Waals surface area contributed by atoms with Crippen molar-refractivity contribution in [3.63, 3.8) is 0 Å². The second-order valence-electron chi connectivity index (χ2n) is 5.88. The molecule has 22 heavy (non-hydrogen) atoms. The van der Waals surface area contributed by atoms with Crippen LogP contribution in [0.2, 0.25) is 0 Å². The van der Waals surface area contributed by atoms with Crippen molar-refractivity contribution in [2.75, 3.05) is 18.6 Å². The molecule has 0 bridgehead atoms. The lowest BCUT2D eigenvalue weighted by molar-refractivity contribution is 0.190. The van der Waals surface area contributed by atoms with Crippen LogP contribution in [0.15, 0.2) is 24.3 Å². The number of nitrogens with zero attached hydrogens (tertiary/aromatic N) is 1. The number of nitrogens with one attached hydrogen (secondary N) is 1. The number of sulfone groups is 1. The minimum atomic E-state index is -3.00. The van der Waals surface area contributed by atoms with Crippen molar-refractivity contribution in [1.82, 2.24) is 10.2 Å². The molecule has 1 aromatic rings. The zero-order chi connectivity index (χ0) is 16.3. The van der Waals surface area contributed by atoms with Gasteiger partial charge >= 0.3 is 6.03 Å². The van der Waals surface area contributed by atoms with Crippen molar-refractivity contribution in [3.05, 3.63) is 29.8 Å². The van der Waals surface area contributed by atoms with E-state index in [0.717, 1.165) is 5.56 Å². The van der Waals surface area contributed by atoms with Crippen molar-refractivity contribution in [2.45, 2.75) is 31.8 Å². The topological polar surface area (TPSA) is 86.7 Å². The Morgan fingerprint density at radius 2 is 2.05 bits per heavy atom. The highest BCUT2D eigenvalue weighted by atomic mass is 32.2. The normalized spacial score (nSPS) is 21.3. The SMILES string of the molecule is C[C@H](Cc1ccc(O)cc1)N(C)C(=O)N[C@@H]1CCS(=O)(=O)C1. The van der Waals surface area contributed by atoms with E-state index in [2.05, 4.69) is 5.32 Å². The zero-order valence-corrected chi connectivity index (χ0v) is 13.6. The average Bonchev–Trinajstić information content (AvgIpc) is 2.79. The molecule has 7 heteroatoms. The molecule has 1 aromatic carbocycles. The third-order valence-electron chi connectivity index (χ3n) is 4.01. The molecule has 0 radical (unpaired) electrons. The van der Waals surface area contributed by atoms with Gasteiger partial charge in [0.2, 0.25) is 0 Å². The minimum Gasteiger partial charge on any atom is -0.508 e. The lowest BCUT2D eigenvalue weighted by atomic mass is 10.1. The van der Waals surface area contributed by atoms with E-state index in [1.165, 1.54) is 0 Å². The van der Waals surface area contributed by atoms with Crippen LogP contribution >= 0.6 is 0 Å². The number of carbonyl (C=O) groups excluding carboxylic acids is 1. The predicted molar refractivity (Wildman–Crippen MR) is 84.6 cm³/mol. The molecule has 122 valence electrons. The van der Waals surface area contributed by atoms with Gasteiger partial charge in [0, 0.05) is 19.1 Å². The molecule has 1 heterocycles. The predicted octanol–water partition coefficient (Wildman–Crippen LogP) is 1.15. The maximum atomic E-state index is 12.2. The summed E-state index contributed by atoms with van der Waals surface area (Å²) in [6.07, 6.45) is 1.14. The van der Waals surface area contributed by atoms with E-state index in [0.29, 0.717) is 12.8 Å². The van der Waals surface area contributed by atoms with Gasteiger partial charge in [0.05, 0.1) is 11.5 Å². The fraction of sp³-hybridized carbons (Fsp3) is 0.533. The van der Waals surface area contributed by atoms with Crippen LogP contribution in [0.25, 0.3) is 0 Å². The summed E-state index contributed by atoms with van der Waals surface area (Å²) in [5, 5.41) is 12.0. The van der Waals surface area contributed by atoms with Gasteiger partial charge in [0.1, 0.15) is 5.75 Å². The van der Waals surface area contributed by atoms with Crippen LogP contribution in [0.4, 0.5) is 4.79 Å². The Morgan fingerprint density at radius 1 is 1.41 bits per heavy atom. The number of aromatic hydroxyl groups is 1. The Morgan fingerprint density at radius 3 is 2.59 bits per heavy atom. The summed E-state index contributed by atoms with van der Waals surface area (Å²) in [5.74, 6) is 0.383. The van der Waals surface area contributed by atoms with Crippen LogP contribution in [0.1, 0.15) is 18.9 Å². The number of hydrogen-bond donors (Lipinski definition) is 2. The first-order valence-electron chi connectivity index (χ1n) is 7.28. The zero-order valence-electron chi connectivity index (χ0n) is 12.8. The summed E-state index contributed by atoms with van der Waals surface area (Å²) < 4.78 is 22.8. The Labute approximate surface area is 131 Å². The van der Waals surface area contributed by atoms with Crippen molar-refractivity contribution in [2.24, 2.45) is 0 Å². The average molecular weight is 326 g/mol. The number of phenols is 1. The first-order chi connectivity index (χ1) is 10.3. The van der Waals surface area contributed by atoms with Gasteiger partial charge in [-0.15, -0.1) is 0 Å². The first kappa shape index (κ1) is 16.6. The molecule has 0 spiro atoms. The minimum absolute atomic E-state index is 0.0267. The van der Waals surface area contributed by atoms with Gasteiger partial charge in [-0.2, -0.15) is 0 Å². The fourth-order valence-electron chi connectivity index (χ4n) is 2.50. The maximum absolute atomic E-state index is 12.2. The Hall–Kier alpha value is -1.76. The number of benzene rings is 1. The number of hydrogen-bond acceptors (Lipinski definition) is 4. The van der Waals surface area contributed by atoms with Gasteiger partial charge in [-0.3, -0.25) is 0 Å². The number of likely N-dealkylation sites (N-methyl/N-ethyl adjacent to an activating group) is 1. The van der Waals surface area contributed by atoms with Gasteiger partial charge < -0.3 is 15.3 Å². The summed E-state index contributed by atoms with van der Waals surface area (Å²) in [7, 11) is -1.30. The lowest BCUT2D eigenvalue weighted by Crippen LogP contribution is -2.47. The molecule has 1 saturated heterocycles. The Kier molecular flexibility index (Phi) is 4.95. The monoisotopic (exact) mass is 326 g/mol. The van der Waals surface area contributed by atoms with Crippen molar-refractivity contribution in [3.8, 4) is 5.75 Å². The van der Waals surface area contributed by atoms with E-state index in [1.807, 2.05) is 19.1 Å². The largest absolute Gasteiger partial charge is 0.508 e. The van der Waals surface area contributed by atoms with Gasteiger partial charge in [-0.1, -0.05) is 12.1 Å². The van der Waals surface area contributed by atoms with E-state index in [4.69, 9.17) is 0 Å². The molecule has 0 aromatic heterocycles. The lowest BCUT2D eigenvalue weighted by Gasteiger charge is -2.26. The molecule has 1 aliphatic heterocycles. The third kappa shape index (κ3) is 4.37. The van der Waals surface area contributed by atoms with Crippen LogP contribution in [0.3, 0.4) is 0 Å². The van der Waals surface area contributed by atoms with Crippen molar-refractivity contribution < 1.29 is 18.3 Å². The molecule has 0 aliphatic carbocycles. The van der Waals surface area contributed by atoms with Gasteiger partial charge in [0.25, 0.3) is 0 Å². The number of phenolic OH excluding ortho intramolecular Hbond substituents is 1. The highest BCUT2D eigenvalue weighted by Gasteiger charge is 2.30. The summed E-state index contributed by atoms with van der Waals surface area (Å²) >= 11 is 0. The molecular formula is C15H22N2O4S. The first-order valence-corrected chi connectivity index (χ1v) is 9.10. The molecule has 1 fully saturated rings. The second kappa shape index (κ2) is 6.56. The highest BCUT2D eigenvalue weighted by molar-refractivity contribution is 7.91. The molecular weight excluding hydrogens is 304 g/mol. The standard InChI is InChI=1S/C15H22N2O4S/c1-11(9-12-3-5-14(18)6-4-12)17(2)15(19)16-13-7-8-22(20,21)10-13/h3-6,11,13,18H,7-10H2,1-2H3,(H,16,19)/t11-,13-/m1/s1. The van der Waals surface area contributed by atoms with E-state index in [1.54, 1.807) is 24.1 Å². The highest BCUT2D eigenvalue weighted by Crippen LogP contribution is 2.14. The third-order valence-corrected chi connectivity index (χ3v) is 5.78. The van der Waals surface area contributed by atoms with Gasteiger partial charge in [-0.25, -0.2) is 13.2 Å². The number of rotatable bonds is 4. The molecule has 2 N–H and O–H groups in total. The second-order valence-corrected chi connectivity index (χ2v) is 8.11. The molecule has 2 amide bonds. The number of carbonyl (C=O) groups is 1. The summed E-state index contributed by atoms with van der Waals surface area (Å²) in [6.45, 7) is 1.93. The van der Waals surface area contributed by atoms with E-state index in [9.17, 15) is 18.3 Å².